The van der Waals surface area contributed by atoms with Gasteiger partial charge >= 0.3 is 0 Å². The Morgan fingerprint density at radius 3 is 2.48 bits per heavy atom. The van der Waals surface area contributed by atoms with Gasteiger partial charge in [0.15, 0.2) is 0 Å². The third-order valence-corrected chi connectivity index (χ3v) is 3.75. The Labute approximate surface area is 124 Å². The number of nitrogens with two attached hydrogens (primary N) is 1. The van der Waals surface area contributed by atoms with Crippen molar-refractivity contribution < 1.29 is 17.6 Å². The molecule has 0 amide bonds. The minimum Gasteiger partial charge on any atom is -0.497 e. The third-order valence-electron chi connectivity index (χ3n) is 2.97. The van der Waals surface area contributed by atoms with E-state index in [1.807, 2.05) is 24.3 Å². The normalized spacial score (nSPS) is 11.5. The second kappa shape index (κ2) is 6.75. The second-order valence-corrected chi connectivity index (χ2v) is 6.03. The van der Waals surface area contributed by atoms with Crippen molar-refractivity contribution >= 4 is 10.0 Å². The summed E-state index contributed by atoms with van der Waals surface area (Å²) in [6.07, 6.45) is 0.854. The first-order valence-corrected chi connectivity index (χ1v) is 7.99. The van der Waals surface area contributed by atoms with Gasteiger partial charge in [0.1, 0.15) is 11.5 Å². The van der Waals surface area contributed by atoms with Crippen molar-refractivity contribution in [3.8, 4) is 5.75 Å². The van der Waals surface area contributed by atoms with Crippen LogP contribution in [0.2, 0.25) is 0 Å². The fourth-order valence-electron chi connectivity index (χ4n) is 1.84. The Morgan fingerprint density at radius 1 is 1.19 bits per heavy atom. The smallest absolute Gasteiger partial charge is 0.271 e. The quantitative estimate of drug-likeness (QED) is 0.751. The Balaban J connectivity index is 1.78. The maximum absolute atomic E-state index is 11.1. The van der Waals surface area contributed by atoms with Crippen molar-refractivity contribution in [3.63, 3.8) is 0 Å². The fraction of sp³-hybridized carbons (Fsp3) is 0.286. The summed E-state index contributed by atoms with van der Waals surface area (Å²) >= 11 is 0. The lowest BCUT2D eigenvalue weighted by Crippen LogP contribution is -2.16. The highest BCUT2D eigenvalue weighted by molar-refractivity contribution is 7.89. The molecule has 0 saturated carbocycles. The number of sulfonamides is 1. The second-order valence-electron chi connectivity index (χ2n) is 4.54. The summed E-state index contributed by atoms with van der Waals surface area (Å²) in [5, 5.41) is 7.94. The predicted molar refractivity (Wildman–Crippen MR) is 78.5 cm³/mol. The molecule has 0 aliphatic carbocycles. The van der Waals surface area contributed by atoms with Crippen LogP contribution in [0.4, 0.5) is 0 Å². The Bertz CT molecular complexity index is 677. The van der Waals surface area contributed by atoms with E-state index in [1.165, 1.54) is 11.6 Å². The number of nitrogens with one attached hydrogen (secondary N) is 1. The van der Waals surface area contributed by atoms with E-state index in [9.17, 15) is 8.42 Å². The molecule has 0 aliphatic rings. The zero-order chi connectivity index (χ0) is 15.3. The summed E-state index contributed by atoms with van der Waals surface area (Å²) in [6.45, 7) is 1.20. The lowest BCUT2D eigenvalue weighted by atomic mass is 10.1. The van der Waals surface area contributed by atoms with Crippen molar-refractivity contribution in [2.45, 2.75) is 18.1 Å². The van der Waals surface area contributed by atoms with E-state index in [1.54, 1.807) is 13.2 Å². The van der Waals surface area contributed by atoms with Gasteiger partial charge in [0.2, 0.25) is 5.09 Å². The molecule has 0 spiro atoms. The molecule has 1 aromatic carbocycles. The molecule has 21 heavy (non-hydrogen) atoms. The molecule has 0 bridgehead atoms. The molecule has 3 N–H and O–H groups in total. The first kappa shape index (κ1) is 15.6. The van der Waals surface area contributed by atoms with E-state index >= 15 is 0 Å². The number of rotatable bonds is 7. The summed E-state index contributed by atoms with van der Waals surface area (Å²) in [5.74, 6) is 1.37. The van der Waals surface area contributed by atoms with Gasteiger partial charge in [0.25, 0.3) is 10.0 Å². The number of benzene rings is 1. The van der Waals surface area contributed by atoms with Crippen LogP contribution in [-0.2, 0) is 23.0 Å². The molecule has 0 unspecified atom stereocenters. The summed E-state index contributed by atoms with van der Waals surface area (Å²) in [6, 6.07) is 10.8. The minimum atomic E-state index is -3.77. The summed E-state index contributed by atoms with van der Waals surface area (Å²) < 4.78 is 32.4. The van der Waals surface area contributed by atoms with Crippen molar-refractivity contribution in [1.29, 1.82) is 0 Å². The van der Waals surface area contributed by atoms with E-state index in [0.717, 1.165) is 18.7 Å². The molecule has 0 saturated heterocycles. The summed E-state index contributed by atoms with van der Waals surface area (Å²) in [5.41, 5.74) is 1.19. The van der Waals surface area contributed by atoms with E-state index in [-0.39, 0.29) is 5.09 Å². The molecular weight excluding hydrogens is 292 g/mol. The van der Waals surface area contributed by atoms with Crippen LogP contribution < -0.4 is 15.2 Å². The summed E-state index contributed by atoms with van der Waals surface area (Å²) in [7, 11) is -2.13. The average Bonchev–Trinajstić information content (AvgIpc) is 2.93. The topological polar surface area (TPSA) is 94.6 Å². The highest BCUT2D eigenvalue weighted by Crippen LogP contribution is 2.13. The molecule has 114 valence electrons. The number of furan rings is 1. The van der Waals surface area contributed by atoms with Crippen LogP contribution in [0.1, 0.15) is 11.3 Å². The van der Waals surface area contributed by atoms with E-state index in [0.29, 0.717) is 12.3 Å². The molecule has 0 aliphatic heterocycles. The van der Waals surface area contributed by atoms with Gasteiger partial charge in [-0.3, -0.25) is 0 Å². The number of hydrogen-bond acceptors (Lipinski definition) is 5. The van der Waals surface area contributed by atoms with E-state index in [4.69, 9.17) is 14.3 Å². The van der Waals surface area contributed by atoms with Crippen LogP contribution in [0, 0.1) is 0 Å². The van der Waals surface area contributed by atoms with Crippen LogP contribution >= 0.6 is 0 Å². The molecule has 7 heteroatoms. The van der Waals surface area contributed by atoms with Crippen molar-refractivity contribution in [2.75, 3.05) is 13.7 Å². The maximum Gasteiger partial charge on any atom is 0.271 e. The lowest BCUT2D eigenvalue weighted by molar-refractivity contribution is 0.403. The number of primary sulfonamides is 1. The SMILES string of the molecule is COc1ccc(CCNCc2ccc(S(N)(=O)=O)o2)cc1. The van der Waals surface area contributed by atoms with Gasteiger partial charge in [-0.05, 0) is 42.8 Å². The lowest BCUT2D eigenvalue weighted by Gasteiger charge is -2.04. The van der Waals surface area contributed by atoms with Crippen LogP contribution in [0.5, 0.6) is 5.75 Å². The monoisotopic (exact) mass is 310 g/mol. The van der Waals surface area contributed by atoms with Gasteiger partial charge in [0, 0.05) is 0 Å². The highest BCUT2D eigenvalue weighted by atomic mass is 32.2. The van der Waals surface area contributed by atoms with Gasteiger partial charge in [-0.25, -0.2) is 13.6 Å². The van der Waals surface area contributed by atoms with Crippen LogP contribution in [0.15, 0.2) is 45.9 Å². The molecule has 2 aromatic rings. The molecule has 6 nitrogen and oxygen atoms in total. The molecule has 1 heterocycles. The Morgan fingerprint density at radius 2 is 1.90 bits per heavy atom. The van der Waals surface area contributed by atoms with E-state index < -0.39 is 10.0 Å². The van der Waals surface area contributed by atoms with Gasteiger partial charge in [-0.2, -0.15) is 0 Å². The van der Waals surface area contributed by atoms with Crippen molar-refractivity contribution in [3.05, 3.63) is 47.7 Å². The first-order chi connectivity index (χ1) is 9.99. The van der Waals surface area contributed by atoms with Crippen LogP contribution in [-0.4, -0.2) is 22.1 Å². The molecule has 0 radical (unpaired) electrons. The zero-order valence-corrected chi connectivity index (χ0v) is 12.5. The highest BCUT2D eigenvalue weighted by Gasteiger charge is 2.12. The minimum absolute atomic E-state index is 0.213. The number of hydrogen-bond donors (Lipinski definition) is 2. The van der Waals surface area contributed by atoms with Crippen LogP contribution in [0.3, 0.4) is 0 Å². The third kappa shape index (κ3) is 4.59. The van der Waals surface area contributed by atoms with Crippen molar-refractivity contribution in [1.82, 2.24) is 5.32 Å². The largest absolute Gasteiger partial charge is 0.497 e. The molecule has 1 aromatic heterocycles. The molecule has 2 rings (SSSR count). The van der Waals surface area contributed by atoms with Crippen molar-refractivity contribution in [2.24, 2.45) is 5.14 Å². The Kier molecular flexibility index (Phi) is 5.00. The number of ether oxygens (including phenoxy) is 1. The Hall–Kier alpha value is -1.83. The van der Waals surface area contributed by atoms with Gasteiger partial charge in [0.05, 0.1) is 13.7 Å². The molecule has 0 atom stereocenters. The predicted octanol–water partition coefficient (Wildman–Crippen LogP) is 1.27. The first-order valence-electron chi connectivity index (χ1n) is 6.44. The standard InChI is InChI=1S/C14H18N2O4S/c1-19-12-4-2-11(3-5-12)8-9-16-10-13-6-7-14(20-13)21(15,17)18/h2-7,16H,8-10H2,1H3,(H2,15,17,18). The van der Waals surface area contributed by atoms with Gasteiger partial charge in [-0.15, -0.1) is 0 Å². The van der Waals surface area contributed by atoms with Gasteiger partial charge in [-0.1, -0.05) is 12.1 Å². The molecular formula is C14H18N2O4S. The van der Waals surface area contributed by atoms with E-state index in [2.05, 4.69) is 5.32 Å². The zero-order valence-electron chi connectivity index (χ0n) is 11.7. The fourth-order valence-corrected chi connectivity index (χ4v) is 2.32. The summed E-state index contributed by atoms with van der Waals surface area (Å²) in [4.78, 5) is 0. The average molecular weight is 310 g/mol. The van der Waals surface area contributed by atoms with Gasteiger partial charge < -0.3 is 14.5 Å². The maximum atomic E-state index is 11.1. The number of methoxy groups -OCH3 is 1. The molecule has 0 fully saturated rings. The van der Waals surface area contributed by atoms with Crippen LogP contribution in [0.25, 0.3) is 0 Å².